The first kappa shape index (κ1) is 13.7. The predicted octanol–water partition coefficient (Wildman–Crippen LogP) is 3.44. The first-order valence-corrected chi connectivity index (χ1v) is 5.46. The number of pyridine rings is 1. The number of nitriles is 1. The van der Waals surface area contributed by atoms with Crippen molar-refractivity contribution in [1.82, 2.24) is 4.98 Å². The van der Waals surface area contributed by atoms with Gasteiger partial charge in [0.25, 0.3) is 0 Å². The molecule has 1 heterocycles. The molecule has 7 heteroatoms. The summed E-state index contributed by atoms with van der Waals surface area (Å²) in [5, 5.41) is 11.6. The number of rotatable bonds is 4. The zero-order chi connectivity index (χ0) is 14.5. The van der Waals surface area contributed by atoms with Gasteiger partial charge >= 0.3 is 6.61 Å². The van der Waals surface area contributed by atoms with E-state index in [1.54, 1.807) is 0 Å². The van der Waals surface area contributed by atoms with Gasteiger partial charge in [-0.25, -0.2) is 9.37 Å². The fraction of sp³-hybridized carbons (Fsp3) is 0.0769. The van der Waals surface area contributed by atoms with Crippen molar-refractivity contribution in [2.24, 2.45) is 0 Å². The number of benzene rings is 1. The zero-order valence-corrected chi connectivity index (χ0v) is 9.98. The molecule has 0 bridgehead atoms. The van der Waals surface area contributed by atoms with Crippen LogP contribution in [0.25, 0.3) is 0 Å². The third kappa shape index (κ3) is 3.38. The van der Waals surface area contributed by atoms with Crippen LogP contribution in [0, 0.1) is 17.1 Å². The van der Waals surface area contributed by atoms with E-state index < -0.39 is 12.4 Å². The first-order valence-electron chi connectivity index (χ1n) is 5.46. The van der Waals surface area contributed by atoms with Gasteiger partial charge in [-0.05, 0) is 24.3 Å². The van der Waals surface area contributed by atoms with Crippen LogP contribution in [0.4, 0.5) is 24.5 Å². The Morgan fingerprint density at radius 1 is 1.25 bits per heavy atom. The van der Waals surface area contributed by atoms with Crippen LogP contribution in [-0.2, 0) is 0 Å². The summed E-state index contributed by atoms with van der Waals surface area (Å²) in [5.41, 5.74) is 0.699. The molecule has 1 aromatic carbocycles. The zero-order valence-electron chi connectivity index (χ0n) is 9.98. The van der Waals surface area contributed by atoms with Crippen LogP contribution in [0.3, 0.4) is 0 Å². The van der Waals surface area contributed by atoms with Crippen molar-refractivity contribution < 1.29 is 17.9 Å². The summed E-state index contributed by atoms with van der Waals surface area (Å²) in [5.74, 6) is -0.590. The fourth-order valence-electron chi connectivity index (χ4n) is 1.50. The number of hydrogen-bond acceptors (Lipinski definition) is 4. The summed E-state index contributed by atoms with van der Waals surface area (Å²) in [6.07, 6.45) is 0.934. The molecule has 2 aromatic rings. The molecule has 0 spiro atoms. The van der Waals surface area contributed by atoms with Crippen molar-refractivity contribution in [3.8, 4) is 11.8 Å². The highest BCUT2D eigenvalue weighted by Gasteiger charge is 2.07. The van der Waals surface area contributed by atoms with Crippen molar-refractivity contribution in [2.75, 3.05) is 5.32 Å². The van der Waals surface area contributed by atoms with E-state index in [4.69, 9.17) is 5.26 Å². The topological polar surface area (TPSA) is 57.9 Å². The fourth-order valence-corrected chi connectivity index (χ4v) is 1.50. The second-order valence-corrected chi connectivity index (χ2v) is 3.69. The largest absolute Gasteiger partial charge is 0.435 e. The molecule has 0 aliphatic rings. The lowest BCUT2D eigenvalue weighted by Gasteiger charge is -2.09. The van der Waals surface area contributed by atoms with Crippen LogP contribution >= 0.6 is 0 Å². The van der Waals surface area contributed by atoms with Crippen LogP contribution < -0.4 is 10.1 Å². The average molecular weight is 279 g/mol. The Balaban J connectivity index is 2.18. The van der Waals surface area contributed by atoms with Crippen LogP contribution in [0.2, 0.25) is 0 Å². The maximum atomic E-state index is 13.1. The number of aromatic nitrogens is 1. The molecule has 0 atom stereocenters. The molecule has 0 amide bonds. The molecule has 0 saturated heterocycles. The van der Waals surface area contributed by atoms with Gasteiger partial charge in [-0.1, -0.05) is 0 Å². The predicted molar refractivity (Wildman–Crippen MR) is 65.3 cm³/mol. The van der Waals surface area contributed by atoms with Crippen molar-refractivity contribution in [3.63, 3.8) is 0 Å². The number of nitrogens with zero attached hydrogens (tertiary/aromatic N) is 2. The van der Waals surface area contributed by atoms with E-state index in [0.29, 0.717) is 5.69 Å². The van der Waals surface area contributed by atoms with Gasteiger partial charge in [-0.3, -0.25) is 0 Å². The Kier molecular flexibility index (Phi) is 4.05. The van der Waals surface area contributed by atoms with E-state index in [0.717, 1.165) is 12.3 Å². The Morgan fingerprint density at radius 3 is 2.55 bits per heavy atom. The van der Waals surface area contributed by atoms with Crippen molar-refractivity contribution in [3.05, 3.63) is 48.0 Å². The molecule has 0 saturated carbocycles. The van der Waals surface area contributed by atoms with Crippen molar-refractivity contribution in [2.45, 2.75) is 6.61 Å². The van der Waals surface area contributed by atoms with Gasteiger partial charge in [-0.2, -0.15) is 14.0 Å². The second-order valence-electron chi connectivity index (χ2n) is 3.69. The summed E-state index contributed by atoms with van der Waals surface area (Å²) < 4.78 is 41.3. The van der Waals surface area contributed by atoms with E-state index in [1.807, 2.05) is 6.07 Å². The molecule has 0 aliphatic carbocycles. The molecule has 20 heavy (non-hydrogen) atoms. The van der Waals surface area contributed by atoms with E-state index in [1.165, 1.54) is 24.3 Å². The van der Waals surface area contributed by atoms with Gasteiger partial charge in [0.05, 0.1) is 11.9 Å². The minimum atomic E-state index is -2.90. The van der Waals surface area contributed by atoms with E-state index in [-0.39, 0.29) is 17.1 Å². The summed E-state index contributed by atoms with van der Waals surface area (Å²) in [6.45, 7) is -2.90. The van der Waals surface area contributed by atoms with E-state index >= 15 is 0 Å². The number of nitrogens with one attached hydrogen (secondary N) is 1. The van der Waals surface area contributed by atoms with Gasteiger partial charge in [0.1, 0.15) is 17.6 Å². The number of alkyl halides is 2. The van der Waals surface area contributed by atoms with Crippen LogP contribution in [0.15, 0.2) is 36.5 Å². The smallest absolute Gasteiger partial charge is 0.387 e. The Labute approximate surface area is 112 Å². The Bertz CT molecular complexity index is 638. The van der Waals surface area contributed by atoms with Gasteiger partial charge in [-0.15, -0.1) is 0 Å². The molecule has 0 fully saturated rings. The van der Waals surface area contributed by atoms with Crippen LogP contribution in [0.1, 0.15) is 5.69 Å². The molecule has 102 valence electrons. The van der Waals surface area contributed by atoms with Crippen molar-refractivity contribution in [1.29, 1.82) is 5.26 Å². The van der Waals surface area contributed by atoms with Gasteiger partial charge < -0.3 is 10.1 Å². The molecular formula is C13H8F3N3O. The average Bonchev–Trinajstić information content (AvgIpc) is 2.41. The maximum absolute atomic E-state index is 13.1. The summed E-state index contributed by atoms with van der Waals surface area (Å²) in [6, 6.07) is 8.51. The van der Waals surface area contributed by atoms with E-state index in [9.17, 15) is 13.2 Å². The quantitative estimate of drug-likeness (QED) is 0.931. The number of anilines is 2. The minimum Gasteiger partial charge on any atom is -0.435 e. The minimum absolute atomic E-state index is 0.00317. The molecule has 0 aliphatic heterocycles. The summed E-state index contributed by atoms with van der Waals surface area (Å²) >= 11 is 0. The lowest BCUT2D eigenvalue weighted by atomic mass is 10.2. The molecule has 1 aromatic heterocycles. The number of halogens is 3. The summed E-state index contributed by atoms with van der Waals surface area (Å²) in [7, 11) is 0. The third-order valence-corrected chi connectivity index (χ3v) is 2.32. The van der Waals surface area contributed by atoms with Gasteiger partial charge in [0, 0.05) is 11.8 Å². The maximum Gasteiger partial charge on any atom is 0.387 e. The Morgan fingerprint density at radius 2 is 1.95 bits per heavy atom. The highest BCUT2D eigenvalue weighted by Crippen LogP contribution is 2.23. The third-order valence-electron chi connectivity index (χ3n) is 2.32. The van der Waals surface area contributed by atoms with Gasteiger partial charge in [0.15, 0.2) is 5.69 Å². The van der Waals surface area contributed by atoms with Gasteiger partial charge in [0.2, 0.25) is 0 Å². The SMILES string of the molecule is N#Cc1ncc(F)cc1Nc1ccc(OC(F)F)cc1. The normalized spacial score (nSPS) is 10.2. The molecule has 0 unspecified atom stereocenters. The Hall–Kier alpha value is -2.75. The number of hydrogen-bond donors (Lipinski definition) is 1. The van der Waals surface area contributed by atoms with Crippen LogP contribution in [0.5, 0.6) is 5.75 Å². The lowest BCUT2D eigenvalue weighted by molar-refractivity contribution is -0.0498. The molecule has 0 radical (unpaired) electrons. The van der Waals surface area contributed by atoms with E-state index in [2.05, 4.69) is 15.0 Å². The second kappa shape index (κ2) is 5.93. The molecule has 4 nitrogen and oxygen atoms in total. The van der Waals surface area contributed by atoms with Crippen LogP contribution in [-0.4, -0.2) is 11.6 Å². The van der Waals surface area contributed by atoms with Crippen molar-refractivity contribution >= 4 is 11.4 Å². The monoisotopic (exact) mass is 279 g/mol. The molecular weight excluding hydrogens is 271 g/mol. The molecule has 2 rings (SSSR count). The first-order chi connectivity index (χ1) is 9.58. The standard InChI is InChI=1S/C13H8F3N3O/c14-8-5-11(12(6-17)18-7-8)19-9-1-3-10(4-2-9)20-13(15)16/h1-5,7,13,19H. The summed E-state index contributed by atoms with van der Waals surface area (Å²) in [4.78, 5) is 3.63. The number of ether oxygens (including phenoxy) is 1. The molecule has 1 N–H and O–H groups in total. The lowest BCUT2D eigenvalue weighted by Crippen LogP contribution is -2.02. The highest BCUT2D eigenvalue weighted by atomic mass is 19.3. The highest BCUT2D eigenvalue weighted by molar-refractivity contribution is 5.64.